The van der Waals surface area contributed by atoms with E-state index in [2.05, 4.69) is 15.3 Å². The van der Waals surface area contributed by atoms with E-state index in [4.69, 9.17) is 10.3 Å². The number of azide groups is 1. The Bertz CT molecular complexity index is 1040. The van der Waals surface area contributed by atoms with Crippen LogP contribution in [-0.2, 0) is 22.5 Å². The van der Waals surface area contributed by atoms with Crippen molar-refractivity contribution >= 4 is 11.9 Å². The van der Waals surface area contributed by atoms with Gasteiger partial charge < -0.3 is 10.1 Å². The third-order valence-electron chi connectivity index (χ3n) is 4.65. The van der Waals surface area contributed by atoms with E-state index < -0.39 is 24.0 Å². The molecule has 2 atom stereocenters. The summed E-state index contributed by atoms with van der Waals surface area (Å²) in [5.41, 5.74) is 11.2. The molecule has 0 aromatic heterocycles. The average Bonchev–Trinajstić information content (AvgIpc) is 2.82. The second kappa shape index (κ2) is 11.2. The molecule has 0 radical (unpaired) electrons. The summed E-state index contributed by atoms with van der Waals surface area (Å²) in [7, 11) is 0. The Hall–Kier alpha value is -4.09. The molecular formula is C24H22N4O3. The van der Waals surface area contributed by atoms with Gasteiger partial charge in [0.1, 0.15) is 0 Å². The summed E-state index contributed by atoms with van der Waals surface area (Å²) in [6.45, 7) is 0.257. The molecule has 0 bridgehead atoms. The molecule has 0 saturated heterocycles. The van der Waals surface area contributed by atoms with Crippen molar-refractivity contribution in [1.29, 1.82) is 0 Å². The molecule has 0 aliphatic heterocycles. The zero-order valence-corrected chi connectivity index (χ0v) is 16.8. The van der Waals surface area contributed by atoms with E-state index in [0.29, 0.717) is 5.56 Å². The molecule has 31 heavy (non-hydrogen) atoms. The van der Waals surface area contributed by atoms with Gasteiger partial charge in [-0.05, 0) is 35.2 Å². The van der Waals surface area contributed by atoms with Crippen molar-refractivity contribution in [2.24, 2.45) is 5.11 Å². The quantitative estimate of drug-likeness (QED) is 0.242. The Kier molecular flexibility index (Phi) is 7.80. The minimum atomic E-state index is -1.28. The van der Waals surface area contributed by atoms with Crippen molar-refractivity contribution in [3.05, 3.63) is 118 Å². The first-order valence-corrected chi connectivity index (χ1v) is 9.83. The van der Waals surface area contributed by atoms with E-state index in [-0.39, 0.29) is 13.0 Å². The number of nitrogens with one attached hydrogen (secondary N) is 1. The number of benzene rings is 3. The Labute approximate surface area is 180 Å². The number of amides is 1. The lowest BCUT2D eigenvalue weighted by molar-refractivity contribution is -0.131. The number of hydrogen-bond acceptors (Lipinski definition) is 4. The van der Waals surface area contributed by atoms with Crippen LogP contribution in [0.1, 0.15) is 21.5 Å². The molecule has 0 aliphatic carbocycles. The normalized spacial score (nSPS) is 12.1. The molecule has 3 aromatic carbocycles. The molecule has 1 N–H and O–H groups in total. The molecule has 156 valence electrons. The van der Waals surface area contributed by atoms with Gasteiger partial charge in [0.15, 0.2) is 6.10 Å². The van der Waals surface area contributed by atoms with Crippen LogP contribution in [0.15, 0.2) is 96.1 Å². The highest BCUT2D eigenvalue weighted by Gasteiger charge is 2.32. The third-order valence-corrected chi connectivity index (χ3v) is 4.65. The minimum absolute atomic E-state index is 0.246. The lowest BCUT2D eigenvalue weighted by Gasteiger charge is -2.23. The highest BCUT2D eigenvalue weighted by atomic mass is 16.5. The Morgan fingerprint density at radius 1 is 0.871 bits per heavy atom. The lowest BCUT2D eigenvalue weighted by Crippen LogP contribution is -2.45. The van der Waals surface area contributed by atoms with E-state index in [0.717, 1.165) is 11.1 Å². The predicted molar refractivity (Wildman–Crippen MR) is 117 cm³/mol. The molecule has 7 nitrogen and oxygen atoms in total. The van der Waals surface area contributed by atoms with Gasteiger partial charge in [0, 0.05) is 11.5 Å². The highest BCUT2D eigenvalue weighted by molar-refractivity contribution is 5.92. The van der Waals surface area contributed by atoms with Gasteiger partial charge in [-0.15, -0.1) is 0 Å². The van der Waals surface area contributed by atoms with Gasteiger partial charge in [-0.3, -0.25) is 4.79 Å². The van der Waals surface area contributed by atoms with Crippen LogP contribution in [0.2, 0.25) is 0 Å². The molecule has 3 rings (SSSR count). The molecule has 0 saturated carbocycles. The topological polar surface area (TPSA) is 104 Å². The van der Waals surface area contributed by atoms with Crippen LogP contribution in [0, 0.1) is 0 Å². The van der Waals surface area contributed by atoms with Crippen LogP contribution in [0.4, 0.5) is 0 Å². The number of ether oxygens (including phenoxy) is 1. The third kappa shape index (κ3) is 6.45. The van der Waals surface area contributed by atoms with Crippen molar-refractivity contribution in [1.82, 2.24) is 5.32 Å². The fourth-order valence-corrected chi connectivity index (χ4v) is 3.08. The van der Waals surface area contributed by atoms with E-state index >= 15 is 0 Å². The number of carbonyl (C=O) groups is 2. The summed E-state index contributed by atoms with van der Waals surface area (Å²) >= 11 is 0. The van der Waals surface area contributed by atoms with Crippen LogP contribution in [-0.4, -0.2) is 24.0 Å². The number of rotatable bonds is 9. The molecule has 2 unspecified atom stereocenters. The van der Waals surface area contributed by atoms with E-state index in [1.54, 1.807) is 30.3 Å². The molecule has 0 aliphatic rings. The minimum Gasteiger partial charge on any atom is -0.448 e. The van der Waals surface area contributed by atoms with Crippen molar-refractivity contribution in [2.45, 2.75) is 25.1 Å². The number of nitrogens with zero attached hydrogens (tertiary/aromatic N) is 3. The fourth-order valence-electron chi connectivity index (χ4n) is 3.08. The second-order valence-corrected chi connectivity index (χ2v) is 6.86. The van der Waals surface area contributed by atoms with Crippen molar-refractivity contribution < 1.29 is 14.3 Å². The van der Waals surface area contributed by atoms with Crippen LogP contribution in [0.25, 0.3) is 10.4 Å². The lowest BCUT2D eigenvalue weighted by atomic mass is 10.0. The summed E-state index contributed by atoms with van der Waals surface area (Å²) < 4.78 is 5.56. The van der Waals surface area contributed by atoms with Crippen LogP contribution >= 0.6 is 0 Å². The Morgan fingerprint density at radius 3 is 2.00 bits per heavy atom. The summed E-state index contributed by atoms with van der Waals surface area (Å²) in [4.78, 5) is 28.6. The van der Waals surface area contributed by atoms with E-state index in [1.165, 1.54) is 0 Å². The van der Waals surface area contributed by atoms with Crippen LogP contribution in [0.5, 0.6) is 0 Å². The molecule has 3 aromatic rings. The van der Waals surface area contributed by atoms with Gasteiger partial charge in [0.05, 0.1) is 11.6 Å². The van der Waals surface area contributed by atoms with Crippen molar-refractivity contribution in [3.8, 4) is 0 Å². The molecule has 0 fully saturated rings. The van der Waals surface area contributed by atoms with Gasteiger partial charge in [-0.2, -0.15) is 0 Å². The summed E-state index contributed by atoms with van der Waals surface area (Å²) in [5.74, 6) is -1.19. The highest BCUT2D eigenvalue weighted by Crippen LogP contribution is 2.16. The SMILES string of the molecule is [N-]=[N+]=NC(Cc1ccccc1)C(OC(=O)c1ccccc1)C(=O)NCc1ccccc1. The van der Waals surface area contributed by atoms with Gasteiger partial charge in [0.25, 0.3) is 5.91 Å². The van der Waals surface area contributed by atoms with Crippen molar-refractivity contribution in [2.75, 3.05) is 0 Å². The molecule has 7 heteroatoms. The summed E-state index contributed by atoms with van der Waals surface area (Å²) in [5, 5.41) is 6.57. The number of esters is 1. The zero-order valence-electron chi connectivity index (χ0n) is 16.8. The first kappa shape index (κ1) is 21.6. The van der Waals surface area contributed by atoms with Gasteiger partial charge in [0.2, 0.25) is 0 Å². The maximum absolute atomic E-state index is 13.0. The molecule has 0 spiro atoms. The molecule has 1 amide bonds. The maximum Gasteiger partial charge on any atom is 0.338 e. The zero-order chi connectivity index (χ0) is 21.9. The van der Waals surface area contributed by atoms with Gasteiger partial charge >= 0.3 is 5.97 Å². The molecule has 0 heterocycles. The van der Waals surface area contributed by atoms with Crippen LogP contribution in [0.3, 0.4) is 0 Å². The standard InChI is InChI=1S/C24H22N4O3/c25-28-27-21(16-18-10-4-1-5-11-18)22(31-24(30)20-14-8-3-9-15-20)23(29)26-17-19-12-6-2-7-13-19/h1-15,21-22H,16-17H2,(H,26,29). The second-order valence-electron chi connectivity index (χ2n) is 6.86. The summed E-state index contributed by atoms with van der Waals surface area (Å²) in [6, 6.07) is 26.1. The number of carbonyl (C=O) groups excluding carboxylic acids is 2. The first-order valence-electron chi connectivity index (χ1n) is 9.83. The monoisotopic (exact) mass is 414 g/mol. The smallest absolute Gasteiger partial charge is 0.338 e. The van der Waals surface area contributed by atoms with E-state index in [9.17, 15) is 9.59 Å². The average molecular weight is 414 g/mol. The maximum atomic E-state index is 13.0. The van der Waals surface area contributed by atoms with Gasteiger partial charge in [-0.1, -0.05) is 84.0 Å². The largest absolute Gasteiger partial charge is 0.448 e. The predicted octanol–water partition coefficient (Wildman–Crippen LogP) is 4.45. The Morgan fingerprint density at radius 2 is 1.42 bits per heavy atom. The van der Waals surface area contributed by atoms with Crippen LogP contribution < -0.4 is 5.32 Å². The summed E-state index contributed by atoms with van der Waals surface area (Å²) in [6.07, 6.45) is -1.04. The van der Waals surface area contributed by atoms with Gasteiger partial charge in [-0.25, -0.2) is 4.79 Å². The Balaban J connectivity index is 1.82. The first-order chi connectivity index (χ1) is 15.2. The molecular weight excluding hydrogens is 392 g/mol. The van der Waals surface area contributed by atoms with E-state index in [1.807, 2.05) is 60.7 Å². The van der Waals surface area contributed by atoms with Crippen molar-refractivity contribution in [3.63, 3.8) is 0 Å². The fraction of sp³-hybridized carbons (Fsp3) is 0.167. The number of hydrogen-bond donors (Lipinski definition) is 1.